The van der Waals surface area contributed by atoms with Crippen LogP contribution >= 0.6 is 11.6 Å². The number of likely N-dealkylation sites (tertiary alicyclic amines) is 1. The number of carbonyl (C=O) groups excluding carboxylic acids is 1. The minimum Gasteiger partial charge on any atom is -0.481 e. The third-order valence-electron chi connectivity index (χ3n) is 6.06. The first-order valence-corrected chi connectivity index (χ1v) is 11.4. The Kier molecular flexibility index (Phi) is 6.10. The Labute approximate surface area is 200 Å². The van der Waals surface area contributed by atoms with Crippen molar-refractivity contribution in [1.29, 1.82) is 0 Å². The van der Waals surface area contributed by atoms with Gasteiger partial charge in [0.1, 0.15) is 11.6 Å². The second-order valence-corrected chi connectivity index (χ2v) is 8.72. The molecule has 4 aromatic rings. The molecule has 2 aromatic carbocycles. The zero-order valence-electron chi connectivity index (χ0n) is 18.4. The van der Waals surface area contributed by atoms with Crippen LogP contribution in [0.3, 0.4) is 0 Å². The molecule has 1 saturated heterocycles. The molecule has 3 heterocycles. The number of aromatic amines is 1. The van der Waals surface area contributed by atoms with Gasteiger partial charge in [0.15, 0.2) is 11.9 Å². The number of benzene rings is 2. The number of pyridine rings is 1. The molecule has 0 spiro atoms. The highest BCUT2D eigenvalue weighted by Gasteiger charge is 2.30. The molecule has 10 heteroatoms. The lowest BCUT2D eigenvalue weighted by Gasteiger charge is -2.33. The summed E-state index contributed by atoms with van der Waals surface area (Å²) in [6.45, 7) is 2.95. The summed E-state index contributed by atoms with van der Waals surface area (Å²) < 4.78 is 19.5. The molecule has 1 amide bonds. The van der Waals surface area contributed by atoms with Crippen LogP contribution in [-0.2, 0) is 4.79 Å². The lowest BCUT2D eigenvalue weighted by Crippen LogP contribution is -2.45. The molecule has 1 N–H and O–H groups in total. The van der Waals surface area contributed by atoms with Gasteiger partial charge in [0.25, 0.3) is 5.91 Å². The molecule has 174 valence electrons. The molecule has 5 rings (SSSR count). The minimum atomic E-state index is -0.670. The van der Waals surface area contributed by atoms with Gasteiger partial charge in [0.05, 0.1) is 10.5 Å². The van der Waals surface area contributed by atoms with Crippen LogP contribution in [0.25, 0.3) is 22.0 Å². The summed E-state index contributed by atoms with van der Waals surface area (Å²) in [4.78, 5) is 19.3. The molecule has 0 bridgehead atoms. The Morgan fingerprint density at radius 2 is 2.12 bits per heavy atom. The van der Waals surface area contributed by atoms with E-state index in [0.717, 1.165) is 23.8 Å². The van der Waals surface area contributed by atoms with Crippen LogP contribution in [0, 0.1) is 5.82 Å². The van der Waals surface area contributed by atoms with Crippen LogP contribution in [-0.4, -0.2) is 55.6 Å². The van der Waals surface area contributed by atoms with Crippen molar-refractivity contribution in [3.8, 4) is 16.9 Å². The third kappa shape index (κ3) is 4.43. The summed E-state index contributed by atoms with van der Waals surface area (Å²) in [5.74, 6) is 0.746. The number of nitrogens with one attached hydrogen (secondary N) is 1. The number of rotatable bonds is 5. The molecule has 0 saturated carbocycles. The maximum absolute atomic E-state index is 13.5. The molecular formula is C24H22ClFN6O2. The number of tetrazole rings is 1. The van der Waals surface area contributed by atoms with Crippen LogP contribution in [0.2, 0.25) is 5.02 Å². The number of hydrogen-bond donors (Lipinski definition) is 1. The van der Waals surface area contributed by atoms with E-state index < -0.39 is 11.9 Å². The zero-order valence-corrected chi connectivity index (χ0v) is 19.2. The average molecular weight is 481 g/mol. The summed E-state index contributed by atoms with van der Waals surface area (Å²) in [6, 6.07) is 11.6. The number of halogens is 2. The predicted molar refractivity (Wildman–Crippen MR) is 125 cm³/mol. The van der Waals surface area contributed by atoms with Crippen LogP contribution in [0.4, 0.5) is 4.39 Å². The standard InChI is InChI=1S/C24H22ClFN6O2/c1-14(24(33)32-10-2-3-15(13-32)23-28-30-31-29-23)34-17-5-7-20-18(8-9-27-22(20)12-17)19-6-4-16(26)11-21(19)25/h4-9,11-12,14-15H,2-3,10,13H2,1H3,(H,28,29,30,31)/t14-,15+/m1/s1. The normalized spacial score (nSPS) is 17.0. The van der Waals surface area contributed by atoms with E-state index in [1.54, 1.807) is 36.2 Å². The Bertz CT molecular complexity index is 1330. The molecule has 0 aliphatic carbocycles. The van der Waals surface area contributed by atoms with Gasteiger partial charge >= 0.3 is 0 Å². The van der Waals surface area contributed by atoms with Gasteiger partial charge in [-0.25, -0.2) is 4.39 Å². The van der Waals surface area contributed by atoms with Crippen molar-refractivity contribution in [2.75, 3.05) is 13.1 Å². The summed E-state index contributed by atoms with van der Waals surface area (Å²) in [7, 11) is 0. The highest BCUT2D eigenvalue weighted by Crippen LogP contribution is 2.34. The van der Waals surface area contributed by atoms with Gasteiger partial charge < -0.3 is 9.64 Å². The van der Waals surface area contributed by atoms with Crippen molar-refractivity contribution in [2.45, 2.75) is 31.8 Å². The van der Waals surface area contributed by atoms with Gasteiger partial charge in [-0.2, -0.15) is 5.21 Å². The molecule has 8 nitrogen and oxygen atoms in total. The van der Waals surface area contributed by atoms with Crippen molar-refractivity contribution in [3.63, 3.8) is 0 Å². The van der Waals surface area contributed by atoms with E-state index in [4.69, 9.17) is 16.3 Å². The number of ether oxygens (including phenoxy) is 1. The first kappa shape index (κ1) is 22.2. The quantitative estimate of drug-likeness (QED) is 0.455. The SMILES string of the molecule is C[C@@H](Oc1ccc2c(-c3ccc(F)cc3Cl)ccnc2c1)C(=O)N1CCC[C@H](c2nn[nH]n2)C1. The molecule has 0 radical (unpaired) electrons. The van der Waals surface area contributed by atoms with Crippen molar-refractivity contribution in [3.05, 3.63) is 65.3 Å². The van der Waals surface area contributed by atoms with E-state index in [9.17, 15) is 9.18 Å². The minimum absolute atomic E-state index is 0.0604. The number of carbonyl (C=O) groups is 1. The van der Waals surface area contributed by atoms with E-state index in [1.807, 2.05) is 12.1 Å². The van der Waals surface area contributed by atoms with Crippen LogP contribution < -0.4 is 4.74 Å². The number of H-pyrrole nitrogens is 1. The number of hydrogen-bond acceptors (Lipinski definition) is 6. The maximum Gasteiger partial charge on any atom is 0.263 e. The highest BCUT2D eigenvalue weighted by molar-refractivity contribution is 6.33. The monoisotopic (exact) mass is 480 g/mol. The summed E-state index contributed by atoms with van der Waals surface area (Å²) in [5.41, 5.74) is 2.24. The smallest absolute Gasteiger partial charge is 0.263 e. The number of fused-ring (bicyclic) bond motifs is 1. The Morgan fingerprint density at radius 1 is 1.24 bits per heavy atom. The van der Waals surface area contributed by atoms with Crippen molar-refractivity contribution in [1.82, 2.24) is 30.5 Å². The third-order valence-corrected chi connectivity index (χ3v) is 6.37. The molecule has 34 heavy (non-hydrogen) atoms. The number of aromatic nitrogens is 5. The van der Waals surface area contributed by atoms with Crippen LogP contribution in [0.5, 0.6) is 5.75 Å². The van der Waals surface area contributed by atoms with Crippen molar-refractivity contribution >= 4 is 28.4 Å². The Balaban J connectivity index is 1.33. The molecule has 0 unspecified atom stereocenters. The number of piperidine rings is 1. The van der Waals surface area contributed by atoms with E-state index in [2.05, 4.69) is 25.6 Å². The molecular weight excluding hydrogens is 459 g/mol. The fourth-order valence-corrected chi connectivity index (χ4v) is 4.66. The zero-order chi connectivity index (χ0) is 23.7. The average Bonchev–Trinajstić information content (AvgIpc) is 3.38. The van der Waals surface area contributed by atoms with Crippen LogP contribution in [0.1, 0.15) is 31.5 Å². The van der Waals surface area contributed by atoms with E-state index in [0.29, 0.717) is 40.8 Å². The predicted octanol–water partition coefficient (Wildman–Crippen LogP) is 4.38. The van der Waals surface area contributed by atoms with Gasteiger partial charge in [-0.05, 0) is 61.7 Å². The van der Waals surface area contributed by atoms with Gasteiger partial charge in [-0.15, -0.1) is 10.2 Å². The lowest BCUT2D eigenvalue weighted by atomic mass is 9.97. The van der Waals surface area contributed by atoms with Crippen molar-refractivity contribution < 1.29 is 13.9 Å². The van der Waals surface area contributed by atoms with Gasteiger partial charge in [0, 0.05) is 42.2 Å². The second kappa shape index (κ2) is 9.34. The van der Waals surface area contributed by atoms with Crippen LogP contribution in [0.15, 0.2) is 48.7 Å². The summed E-state index contributed by atoms with van der Waals surface area (Å²) in [6.07, 6.45) is 2.78. The summed E-state index contributed by atoms with van der Waals surface area (Å²) >= 11 is 6.28. The van der Waals surface area contributed by atoms with Gasteiger partial charge in [-0.1, -0.05) is 16.8 Å². The number of nitrogens with zero attached hydrogens (tertiary/aromatic N) is 5. The largest absolute Gasteiger partial charge is 0.481 e. The first-order chi connectivity index (χ1) is 16.5. The molecule has 1 fully saturated rings. The van der Waals surface area contributed by atoms with E-state index in [-0.39, 0.29) is 11.8 Å². The van der Waals surface area contributed by atoms with Crippen molar-refractivity contribution in [2.24, 2.45) is 0 Å². The molecule has 2 aromatic heterocycles. The first-order valence-electron chi connectivity index (χ1n) is 11.0. The van der Waals surface area contributed by atoms with Gasteiger partial charge in [-0.3, -0.25) is 9.78 Å². The molecule has 1 aliphatic heterocycles. The molecule has 1 aliphatic rings. The maximum atomic E-state index is 13.5. The molecule has 2 atom stereocenters. The van der Waals surface area contributed by atoms with E-state index >= 15 is 0 Å². The fraction of sp³-hybridized carbons (Fsp3) is 0.292. The summed E-state index contributed by atoms with van der Waals surface area (Å²) in [5, 5.41) is 15.4. The Morgan fingerprint density at radius 3 is 2.91 bits per heavy atom. The number of amides is 1. The van der Waals surface area contributed by atoms with E-state index in [1.165, 1.54) is 12.1 Å². The fourth-order valence-electron chi connectivity index (χ4n) is 4.39. The Hall–Kier alpha value is -3.59. The second-order valence-electron chi connectivity index (χ2n) is 8.32. The topological polar surface area (TPSA) is 96.9 Å². The van der Waals surface area contributed by atoms with Gasteiger partial charge in [0.2, 0.25) is 0 Å². The highest BCUT2D eigenvalue weighted by atomic mass is 35.5. The lowest BCUT2D eigenvalue weighted by molar-refractivity contribution is -0.139.